The van der Waals surface area contributed by atoms with Gasteiger partial charge in [0.2, 0.25) is 0 Å². The molecule has 1 aliphatic rings. The summed E-state index contributed by atoms with van der Waals surface area (Å²) in [5.74, 6) is 2.84. The van der Waals surface area contributed by atoms with E-state index in [4.69, 9.17) is 16.3 Å². The first-order valence-electron chi connectivity index (χ1n) is 7.05. The largest absolute Gasteiger partial charge is 0.490 e. The molecule has 104 valence electrons. The van der Waals surface area contributed by atoms with E-state index in [2.05, 4.69) is 23.0 Å². The molecule has 0 saturated heterocycles. The van der Waals surface area contributed by atoms with E-state index in [0.29, 0.717) is 11.8 Å². The molecule has 19 heavy (non-hydrogen) atoms. The Kier molecular flexibility index (Phi) is 5.64. The van der Waals surface area contributed by atoms with Crippen molar-refractivity contribution in [1.82, 2.24) is 9.97 Å². The monoisotopic (exact) mass is 280 g/mol. The van der Waals surface area contributed by atoms with Crippen LogP contribution in [0.1, 0.15) is 50.8 Å². The minimum Gasteiger partial charge on any atom is -0.490 e. The van der Waals surface area contributed by atoms with Crippen LogP contribution in [0, 0.1) is 5.92 Å². The summed E-state index contributed by atoms with van der Waals surface area (Å²) in [5.41, 5.74) is 1.64. The van der Waals surface area contributed by atoms with E-state index in [-0.39, 0.29) is 0 Å². The molecule has 4 heteroatoms. The van der Waals surface area contributed by atoms with E-state index in [0.717, 1.165) is 37.4 Å². The van der Waals surface area contributed by atoms with Gasteiger partial charge < -0.3 is 4.74 Å². The molecule has 1 saturated carbocycles. The predicted molar refractivity (Wildman–Crippen MR) is 77.5 cm³/mol. The first-order valence-corrected chi connectivity index (χ1v) is 7.48. The second-order valence-electron chi connectivity index (χ2n) is 5.06. The van der Waals surface area contributed by atoms with Gasteiger partial charge in [0.1, 0.15) is 5.82 Å². The van der Waals surface area contributed by atoms with Gasteiger partial charge in [-0.1, -0.05) is 24.6 Å². The highest BCUT2D eigenvalue weighted by atomic mass is 35.5. The summed E-state index contributed by atoms with van der Waals surface area (Å²) in [5, 5.41) is 0. The zero-order valence-electron chi connectivity index (χ0n) is 11.4. The van der Waals surface area contributed by atoms with Gasteiger partial charge in [0.15, 0.2) is 5.75 Å². The fourth-order valence-electron chi connectivity index (χ4n) is 2.50. The minimum atomic E-state index is 0.486. The van der Waals surface area contributed by atoms with Crippen molar-refractivity contribution in [3.05, 3.63) is 29.8 Å². The molecule has 0 N–H and O–H groups in total. The Hall–Kier alpha value is -1.09. The molecular formula is C15H21ClN2O. The number of nitrogens with zero attached hydrogens (tertiary/aromatic N) is 2. The van der Waals surface area contributed by atoms with E-state index < -0.39 is 0 Å². The quantitative estimate of drug-likeness (QED) is 0.807. The van der Waals surface area contributed by atoms with Gasteiger partial charge in [-0.3, -0.25) is 0 Å². The molecule has 0 aromatic carbocycles. The lowest BCUT2D eigenvalue weighted by molar-refractivity contribution is 0.313. The molecule has 1 aromatic rings. The Morgan fingerprint density at radius 3 is 2.53 bits per heavy atom. The first kappa shape index (κ1) is 14.3. The lowest BCUT2D eigenvalue weighted by Crippen LogP contribution is -2.14. The van der Waals surface area contributed by atoms with Gasteiger partial charge in [-0.05, 0) is 38.0 Å². The Bertz CT molecular complexity index is 397. The predicted octanol–water partition coefficient (Wildman–Crippen LogP) is 4.29. The van der Waals surface area contributed by atoms with E-state index in [1.165, 1.54) is 12.8 Å². The molecule has 0 aliphatic heterocycles. The minimum absolute atomic E-state index is 0.486. The number of rotatable bonds is 5. The van der Waals surface area contributed by atoms with Crippen LogP contribution in [-0.2, 0) is 0 Å². The lowest BCUT2D eigenvalue weighted by atomic mass is 9.82. The zero-order valence-corrected chi connectivity index (χ0v) is 12.1. The van der Waals surface area contributed by atoms with Crippen molar-refractivity contribution in [1.29, 1.82) is 0 Å². The highest BCUT2D eigenvalue weighted by molar-refractivity contribution is 6.25. The van der Waals surface area contributed by atoms with Crippen molar-refractivity contribution in [2.45, 2.75) is 44.9 Å². The molecule has 2 rings (SSSR count). The lowest BCUT2D eigenvalue weighted by Gasteiger charge is -2.25. The van der Waals surface area contributed by atoms with Gasteiger partial charge in [0.25, 0.3) is 0 Å². The molecule has 1 aromatic heterocycles. The summed E-state index contributed by atoms with van der Waals surface area (Å²) in [4.78, 5) is 8.89. The van der Waals surface area contributed by atoms with Gasteiger partial charge in [0, 0.05) is 11.5 Å². The molecule has 0 spiro atoms. The molecule has 1 fully saturated rings. The fourth-order valence-corrected chi connectivity index (χ4v) is 2.71. The van der Waals surface area contributed by atoms with Crippen molar-refractivity contribution in [2.24, 2.45) is 5.92 Å². The molecule has 0 atom stereocenters. The summed E-state index contributed by atoms with van der Waals surface area (Å²) in [6, 6.07) is 0. The van der Waals surface area contributed by atoms with Crippen LogP contribution in [0.5, 0.6) is 5.75 Å². The maximum Gasteiger partial charge on any atom is 0.155 e. The third-order valence-corrected chi connectivity index (χ3v) is 3.75. The van der Waals surface area contributed by atoms with Crippen LogP contribution in [0.15, 0.2) is 24.0 Å². The number of hydrogen-bond donors (Lipinski definition) is 0. The third kappa shape index (κ3) is 4.20. The maximum absolute atomic E-state index is 5.63. The molecule has 1 aliphatic carbocycles. The Balaban J connectivity index is 1.89. The van der Waals surface area contributed by atoms with E-state index >= 15 is 0 Å². The van der Waals surface area contributed by atoms with Gasteiger partial charge in [-0.2, -0.15) is 0 Å². The Morgan fingerprint density at radius 2 is 1.95 bits per heavy atom. The Morgan fingerprint density at radius 1 is 1.26 bits per heavy atom. The molecule has 0 unspecified atom stereocenters. The van der Waals surface area contributed by atoms with Crippen LogP contribution in [-0.4, -0.2) is 16.6 Å². The molecule has 0 amide bonds. The van der Waals surface area contributed by atoms with Gasteiger partial charge in [0.05, 0.1) is 19.0 Å². The standard InChI is InChI=1S/C15H21ClN2O/c1-2-9-19-14-10-17-15(18-11-14)13-5-3-12(4-6-13)7-8-16/h7-8,10-13H,2-6,9H2,1H3. The fraction of sp³-hybridized carbons (Fsp3) is 0.600. The second-order valence-corrected chi connectivity index (χ2v) is 5.31. The highest BCUT2D eigenvalue weighted by Gasteiger charge is 2.22. The highest BCUT2D eigenvalue weighted by Crippen LogP contribution is 2.34. The Labute approximate surface area is 120 Å². The summed E-state index contributed by atoms with van der Waals surface area (Å²) in [7, 11) is 0. The molecule has 1 heterocycles. The number of ether oxygens (including phenoxy) is 1. The number of allylic oxidation sites excluding steroid dienone is 1. The van der Waals surface area contributed by atoms with Crippen molar-refractivity contribution in [3.63, 3.8) is 0 Å². The third-order valence-electron chi connectivity index (χ3n) is 3.60. The smallest absolute Gasteiger partial charge is 0.155 e. The maximum atomic E-state index is 5.63. The van der Waals surface area contributed by atoms with Crippen molar-refractivity contribution in [2.75, 3.05) is 6.61 Å². The van der Waals surface area contributed by atoms with Gasteiger partial charge >= 0.3 is 0 Å². The molecule has 0 radical (unpaired) electrons. The molecule has 3 nitrogen and oxygen atoms in total. The van der Waals surface area contributed by atoms with Crippen molar-refractivity contribution in [3.8, 4) is 5.75 Å². The van der Waals surface area contributed by atoms with E-state index in [9.17, 15) is 0 Å². The summed E-state index contributed by atoms with van der Waals surface area (Å²) < 4.78 is 5.50. The number of hydrogen-bond acceptors (Lipinski definition) is 3. The number of halogens is 1. The van der Waals surface area contributed by atoms with Crippen LogP contribution in [0.2, 0.25) is 0 Å². The van der Waals surface area contributed by atoms with E-state index in [1.54, 1.807) is 17.9 Å². The van der Waals surface area contributed by atoms with Crippen LogP contribution >= 0.6 is 11.6 Å². The van der Waals surface area contributed by atoms with Crippen LogP contribution in [0.4, 0.5) is 0 Å². The molecular weight excluding hydrogens is 260 g/mol. The summed E-state index contributed by atoms with van der Waals surface area (Å²) in [6.07, 6.45) is 11.3. The van der Waals surface area contributed by atoms with Gasteiger partial charge in [-0.25, -0.2) is 9.97 Å². The van der Waals surface area contributed by atoms with Crippen LogP contribution in [0.25, 0.3) is 0 Å². The van der Waals surface area contributed by atoms with Crippen LogP contribution < -0.4 is 4.74 Å². The average Bonchev–Trinajstić information content (AvgIpc) is 2.47. The zero-order chi connectivity index (χ0) is 13.5. The summed E-state index contributed by atoms with van der Waals surface area (Å²) in [6.45, 7) is 2.81. The van der Waals surface area contributed by atoms with Crippen molar-refractivity contribution < 1.29 is 4.74 Å². The summed E-state index contributed by atoms with van der Waals surface area (Å²) >= 11 is 5.63. The first-order chi connectivity index (χ1) is 9.33. The topological polar surface area (TPSA) is 35.0 Å². The van der Waals surface area contributed by atoms with Gasteiger partial charge in [-0.15, -0.1) is 0 Å². The molecule has 0 bridgehead atoms. The second kappa shape index (κ2) is 7.49. The van der Waals surface area contributed by atoms with E-state index in [1.807, 2.05) is 0 Å². The number of aromatic nitrogens is 2. The van der Waals surface area contributed by atoms with Crippen molar-refractivity contribution >= 4 is 11.6 Å². The SMILES string of the molecule is CCCOc1cnc(C2CCC(C=CCl)CC2)nc1. The normalized spacial score (nSPS) is 23.7. The van der Waals surface area contributed by atoms with Crippen LogP contribution in [0.3, 0.4) is 0 Å². The average molecular weight is 281 g/mol.